The summed E-state index contributed by atoms with van der Waals surface area (Å²) in [7, 11) is -1.62. The van der Waals surface area contributed by atoms with Crippen molar-refractivity contribution in [3.05, 3.63) is 17.0 Å². The molecule has 2 heterocycles. The van der Waals surface area contributed by atoms with Crippen molar-refractivity contribution in [2.75, 3.05) is 20.1 Å². The zero-order valence-corrected chi connectivity index (χ0v) is 11.1. The second kappa shape index (κ2) is 4.44. The lowest BCUT2D eigenvalue weighted by Crippen LogP contribution is -2.37. The molecule has 1 aromatic rings. The van der Waals surface area contributed by atoms with Gasteiger partial charge < -0.3 is 5.32 Å². The van der Waals surface area contributed by atoms with Crippen LogP contribution in [0.1, 0.15) is 11.3 Å². The lowest BCUT2D eigenvalue weighted by atomic mass is 10.3. The summed E-state index contributed by atoms with van der Waals surface area (Å²) in [5, 5.41) is 3.18. The lowest BCUT2D eigenvalue weighted by Gasteiger charge is -2.22. The van der Waals surface area contributed by atoms with Crippen LogP contribution in [0.5, 0.6) is 0 Å². The Labute approximate surface area is 100 Å². The summed E-state index contributed by atoms with van der Waals surface area (Å²) < 4.78 is 26.4. The predicted molar refractivity (Wildman–Crippen MR) is 65.3 cm³/mol. The number of nitrogens with one attached hydrogen (secondary N) is 1. The fourth-order valence-corrected chi connectivity index (χ4v) is 4.69. The van der Waals surface area contributed by atoms with Gasteiger partial charge in [-0.2, -0.15) is 4.31 Å². The minimum atomic E-state index is -3.29. The Morgan fingerprint density at radius 1 is 1.50 bits per heavy atom. The number of thiophene rings is 1. The number of rotatable bonds is 3. The van der Waals surface area contributed by atoms with E-state index in [2.05, 4.69) is 5.32 Å². The maximum absolute atomic E-state index is 12.2. The highest BCUT2D eigenvalue weighted by Gasteiger charge is 2.30. The molecule has 6 heteroatoms. The van der Waals surface area contributed by atoms with Crippen LogP contribution in [0.3, 0.4) is 0 Å². The van der Waals surface area contributed by atoms with Crippen LogP contribution in [0.15, 0.2) is 16.3 Å². The fraction of sp³-hybridized carbons (Fsp3) is 0.600. The van der Waals surface area contributed by atoms with Crippen molar-refractivity contribution in [1.29, 1.82) is 0 Å². The first-order valence-corrected chi connectivity index (χ1v) is 7.52. The average molecular weight is 260 g/mol. The highest BCUT2D eigenvalue weighted by Crippen LogP contribution is 2.25. The van der Waals surface area contributed by atoms with E-state index in [4.69, 9.17) is 0 Å². The van der Waals surface area contributed by atoms with Gasteiger partial charge in [0.15, 0.2) is 0 Å². The molecular formula is C10H16N2O2S2. The maximum Gasteiger partial charge on any atom is 0.252 e. The predicted octanol–water partition coefficient (Wildman–Crippen LogP) is 1.04. The van der Waals surface area contributed by atoms with E-state index in [0.717, 1.165) is 24.4 Å². The zero-order chi connectivity index (χ0) is 11.8. The molecule has 0 aromatic carbocycles. The van der Waals surface area contributed by atoms with Crippen LogP contribution in [0.2, 0.25) is 0 Å². The van der Waals surface area contributed by atoms with Gasteiger partial charge in [0.2, 0.25) is 0 Å². The molecule has 4 nitrogen and oxygen atoms in total. The largest absolute Gasteiger partial charge is 0.315 e. The number of hydrogen-bond acceptors (Lipinski definition) is 4. The standard InChI is InChI=1S/C10H16N2O2S2/c1-8-3-4-10(15-8)16(13,14)12(2)9-5-6-11-7-9/h3-4,9,11H,5-7H2,1-2H3. The third kappa shape index (κ3) is 2.15. The van der Waals surface area contributed by atoms with Crippen molar-refractivity contribution in [1.82, 2.24) is 9.62 Å². The second-order valence-electron chi connectivity index (χ2n) is 4.03. The molecule has 0 bridgehead atoms. The third-order valence-corrected chi connectivity index (χ3v) is 6.28. The van der Waals surface area contributed by atoms with Gasteiger partial charge >= 0.3 is 0 Å². The van der Waals surface area contributed by atoms with Crippen molar-refractivity contribution in [2.24, 2.45) is 0 Å². The van der Waals surface area contributed by atoms with E-state index >= 15 is 0 Å². The molecule has 1 fully saturated rings. The number of likely N-dealkylation sites (N-methyl/N-ethyl adjacent to an activating group) is 1. The van der Waals surface area contributed by atoms with Crippen molar-refractivity contribution in [3.8, 4) is 0 Å². The highest BCUT2D eigenvalue weighted by atomic mass is 32.2. The number of aryl methyl sites for hydroxylation is 1. The number of hydrogen-bond donors (Lipinski definition) is 1. The molecule has 0 spiro atoms. The smallest absolute Gasteiger partial charge is 0.252 e. The Morgan fingerprint density at radius 2 is 2.25 bits per heavy atom. The van der Waals surface area contributed by atoms with Crippen LogP contribution in [-0.4, -0.2) is 38.9 Å². The maximum atomic E-state index is 12.2. The van der Waals surface area contributed by atoms with Gasteiger partial charge in [0.25, 0.3) is 10.0 Å². The summed E-state index contributed by atoms with van der Waals surface area (Å²) >= 11 is 1.33. The highest BCUT2D eigenvalue weighted by molar-refractivity contribution is 7.91. The van der Waals surface area contributed by atoms with Crippen LogP contribution in [-0.2, 0) is 10.0 Å². The molecule has 1 aliphatic rings. The molecular weight excluding hydrogens is 244 g/mol. The molecule has 90 valence electrons. The molecule has 0 radical (unpaired) electrons. The van der Waals surface area contributed by atoms with E-state index in [9.17, 15) is 8.42 Å². The summed E-state index contributed by atoms with van der Waals surface area (Å²) in [5.74, 6) is 0. The van der Waals surface area contributed by atoms with Crippen LogP contribution < -0.4 is 5.32 Å². The third-order valence-electron chi connectivity index (χ3n) is 2.90. The van der Waals surface area contributed by atoms with Crippen LogP contribution >= 0.6 is 11.3 Å². The van der Waals surface area contributed by atoms with Gasteiger partial charge in [0.05, 0.1) is 0 Å². The Morgan fingerprint density at radius 3 is 2.75 bits per heavy atom. The normalized spacial score (nSPS) is 21.8. The van der Waals surface area contributed by atoms with Crippen molar-refractivity contribution in [3.63, 3.8) is 0 Å². The SMILES string of the molecule is Cc1ccc(S(=O)(=O)N(C)C2CCNC2)s1. The van der Waals surface area contributed by atoms with Crippen molar-refractivity contribution >= 4 is 21.4 Å². The van der Waals surface area contributed by atoms with Gasteiger partial charge in [-0.1, -0.05) is 0 Å². The van der Waals surface area contributed by atoms with Crippen molar-refractivity contribution < 1.29 is 8.42 Å². The van der Waals surface area contributed by atoms with E-state index in [0.29, 0.717) is 4.21 Å². The Balaban J connectivity index is 2.24. The molecule has 1 N–H and O–H groups in total. The minimum Gasteiger partial charge on any atom is -0.315 e. The molecule has 0 saturated carbocycles. The van der Waals surface area contributed by atoms with Gasteiger partial charge in [0, 0.05) is 24.5 Å². The average Bonchev–Trinajstić information content (AvgIpc) is 2.86. The van der Waals surface area contributed by atoms with E-state index in [1.165, 1.54) is 15.6 Å². The summed E-state index contributed by atoms with van der Waals surface area (Å²) in [5.41, 5.74) is 0. The summed E-state index contributed by atoms with van der Waals surface area (Å²) in [6.07, 6.45) is 0.889. The van der Waals surface area contributed by atoms with Crippen LogP contribution in [0.25, 0.3) is 0 Å². The Hall–Kier alpha value is -0.430. The van der Waals surface area contributed by atoms with E-state index in [1.54, 1.807) is 13.1 Å². The molecule has 1 saturated heterocycles. The van der Waals surface area contributed by atoms with E-state index in [-0.39, 0.29) is 6.04 Å². The molecule has 1 atom stereocenters. The van der Waals surface area contributed by atoms with Gasteiger partial charge in [-0.05, 0) is 32.0 Å². The van der Waals surface area contributed by atoms with E-state index in [1.807, 2.05) is 13.0 Å². The van der Waals surface area contributed by atoms with Crippen LogP contribution in [0.4, 0.5) is 0 Å². The van der Waals surface area contributed by atoms with E-state index < -0.39 is 10.0 Å². The second-order valence-corrected chi connectivity index (χ2v) is 7.55. The van der Waals surface area contributed by atoms with Gasteiger partial charge in [-0.3, -0.25) is 0 Å². The molecule has 1 unspecified atom stereocenters. The first-order chi connectivity index (χ1) is 7.51. The number of sulfonamides is 1. The molecule has 2 rings (SSSR count). The molecule has 0 aliphatic carbocycles. The van der Waals surface area contributed by atoms with Crippen molar-refractivity contribution in [2.45, 2.75) is 23.6 Å². The monoisotopic (exact) mass is 260 g/mol. The summed E-state index contributed by atoms with van der Waals surface area (Å²) in [6, 6.07) is 3.62. The lowest BCUT2D eigenvalue weighted by molar-refractivity contribution is 0.389. The Kier molecular flexibility index (Phi) is 3.34. The number of nitrogens with zero attached hydrogens (tertiary/aromatic N) is 1. The van der Waals surface area contributed by atoms with Crippen LogP contribution in [0, 0.1) is 6.92 Å². The Bertz CT molecular complexity index is 461. The fourth-order valence-electron chi connectivity index (χ4n) is 1.84. The topological polar surface area (TPSA) is 49.4 Å². The first-order valence-electron chi connectivity index (χ1n) is 5.27. The van der Waals surface area contributed by atoms with Gasteiger partial charge in [-0.15, -0.1) is 11.3 Å². The summed E-state index contributed by atoms with van der Waals surface area (Å²) in [6.45, 7) is 3.56. The summed E-state index contributed by atoms with van der Waals surface area (Å²) in [4.78, 5) is 1.02. The molecule has 0 amide bonds. The molecule has 1 aromatic heterocycles. The minimum absolute atomic E-state index is 0.0902. The quantitative estimate of drug-likeness (QED) is 0.883. The zero-order valence-electron chi connectivity index (χ0n) is 9.43. The van der Waals surface area contributed by atoms with Gasteiger partial charge in [-0.25, -0.2) is 8.42 Å². The molecule has 16 heavy (non-hydrogen) atoms. The van der Waals surface area contributed by atoms with Gasteiger partial charge in [0.1, 0.15) is 4.21 Å². The first kappa shape index (κ1) is 12.0. The molecule has 1 aliphatic heterocycles.